The Labute approximate surface area is 81.0 Å². The number of aromatic nitrogens is 1. The Morgan fingerprint density at radius 2 is 1.71 bits per heavy atom. The van der Waals surface area contributed by atoms with Gasteiger partial charge in [-0.05, 0) is 25.5 Å². The number of nitrogens with zero attached hydrogens (tertiary/aromatic N) is 1. The van der Waals surface area contributed by atoms with Crippen molar-refractivity contribution in [2.75, 3.05) is 0 Å². The summed E-state index contributed by atoms with van der Waals surface area (Å²) in [4.78, 5) is 0. The van der Waals surface area contributed by atoms with Crippen LogP contribution in [0.15, 0.2) is 12.1 Å². The van der Waals surface area contributed by atoms with Crippen LogP contribution in [0.2, 0.25) is 0 Å². The van der Waals surface area contributed by atoms with Crippen molar-refractivity contribution in [2.24, 2.45) is 7.05 Å². The van der Waals surface area contributed by atoms with Gasteiger partial charge in [0.2, 0.25) is 0 Å². The van der Waals surface area contributed by atoms with Crippen LogP contribution in [0.3, 0.4) is 0 Å². The average molecular weight is 195 g/mol. The van der Waals surface area contributed by atoms with Crippen molar-refractivity contribution < 1.29 is 8.78 Å². The fourth-order valence-electron chi connectivity index (χ4n) is 1.72. The maximum Gasteiger partial charge on any atom is 0.150 e. The first-order valence-electron chi connectivity index (χ1n) is 4.43. The lowest BCUT2D eigenvalue weighted by molar-refractivity contribution is 0.582. The average Bonchev–Trinajstić information content (AvgIpc) is 2.40. The van der Waals surface area contributed by atoms with Gasteiger partial charge in [-0.3, -0.25) is 0 Å². The minimum atomic E-state index is -0.501. The monoisotopic (exact) mass is 195 g/mol. The van der Waals surface area contributed by atoms with E-state index in [9.17, 15) is 8.78 Å². The molecule has 0 aliphatic rings. The van der Waals surface area contributed by atoms with Gasteiger partial charge in [0.1, 0.15) is 11.6 Å². The molecule has 1 nitrogen and oxygen atoms in total. The molecule has 0 N–H and O–H groups in total. The third-order valence-corrected chi connectivity index (χ3v) is 2.71. The number of rotatable bonds is 0. The summed E-state index contributed by atoms with van der Waals surface area (Å²) in [6.07, 6.45) is 0. The van der Waals surface area contributed by atoms with Gasteiger partial charge in [0.25, 0.3) is 0 Å². The zero-order chi connectivity index (χ0) is 10.5. The summed E-state index contributed by atoms with van der Waals surface area (Å²) in [5.74, 6) is -0.987. The van der Waals surface area contributed by atoms with Crippen molar-refractivity contribution >= 4 is 10.9 Å². The molecule has 2 rings (SSSR count). The van der Waals surface area contributed by atoms with E-state index >= 15 is 0 Å². The van der Waals surface area contributed by atoms with E-state index < -0.39 is 11.6 Å². The molecular formula is C11H11F2N. The van der Waals surface area contributed by atoms with E-state index in [1.54, 1.807) is 24.6 Å². The highest BCUT2D eigenvalue weighted by molar-refractivity contribution is 5.85. The largest absolute Gasteiger partial charge is 0.346 e. The SMILES string of the molecule is Cc1c(F)cc(F)c2c1cc(C)n2C. The van der Waals surface area contributed by atoms with Gasteiger partial charge in [0.15, 0.2) is 0 Å². The predicted octanol–water partition coefficient (Wildman–Crippen LogP) is 3.07. The topological polar surface area (TPSA) is 4.93 Å². The van der Waals surface area contributed by atoms with Crippen LogP contribution in [0.1, 0.15) is 11.3 Å². The first-order valence-corrected chi connectivity index (χ1v) is 4.43. The first-order chi connectivity index (χ1) is 6.52. The van der Waals surface area contributed by atoms with Crippen molar-refractivity contribution in [3.63, 3.8) is 0 Å². The summed E-state index contributed by atoms with van der Waals surface area (Å²) in [6, 6.07) is 2.74. The second-order valence-corrected chi connectivity index (χ2v) is 3.57. The Balaban J connectivity index is 3.02. The van der Waals surface area contributed by atoms with Crippen LogP contribution in [0.4, 0.5) is 8.78 Å². The fraction of sp³-hybridized carbons (Fsp3) is 0.273. The summed E-state index contributed by atoms with van der Waals surface area (Å²) >= 11 is 0. The van der Waals surface area contributed by atoms with Crippen LogP contribution in [0.5, 0.6) is 0 Å². The number of halogens is 2. The van der Waals surface area contributed by atoms with Gasteiger partial charge in [-0.15, -0.1) is 0 Å². The fourth-order valence-corrected chi connectivity index (χ4v) is 1.72. The molecule has 0 unspecified atom stereocenters. The summed E-state index contributed by atoms with van der Waals surface area (Å²) in [5.41, 5.74) is 1.90. The van der Waals surface area contributed by atoms with Crippen LogP contribution in [0.25, 0.3) is 10.9 Å². The number of aryl methyl sites for hydroxylation is 3. The van der Waals surface area contributed by atoms with Gasteiger partial charge in [-0.2, -0.15) is 0 Å². The second kappa shape index (κ2) is 2.80. The molecule has 2 aromatic rings. The molecule has 0 saturated carbocycles. The van der Waals surface area contributed by atoms with Gasteiger partial charge in [-0.25, -0.2) is 8.78 Å². The van der Waals surface area contributed by atoms with Gasteiger partial charge in [0, 0.05) is 24.2 Å². The van der Waals surface area contributed by atoms with Crippen LogP contribution in [-0.4, -0.2) is 4.57 Å². The lowest BCUT2D eigenvalue weighted by Gasteiger charge is -2.03. The van der Waals surface area contributed by atoms with Crippen LogP contribution in [0, 0.1) is 25.5 Å². The molecule has 0 amide bonds. The summed E-state index contributed by atoms with van der Waals surface area (Å²) < 4.78 is 28.4. The van der Waals surface area contributed by atoms with Gasteiger partial charge in [0.05, 0.1) is 5.52 Å². The molecule has 0 radical (unpaired) electrons. The molecule has 0 aliphatic carbocycles. The van der Waals surface area contributed by atoms with E-state index in [-0.39, 0.29) is 0 Å². The molecule has 0 atom stereocenters. The lowest BCUT2D eigenvalue weighted by atomic mass is 10.1. The molecule has 0 fully saturated rings. The second-order valence-electron chi connectivity index (χ2n) is 3.57. The molecule has 14 heavy (non-hydrogen) atoms. The molecule has 0 aliphatic heterocycles. The molecule has 1 aromatic carbocycles. The third kappa shape index (κ3) is 1.05. The van der Waals surface area contributed by atoms with E-state index in [0.29, 0.717) is 16.5 Å². The molecule has 74 valence electrons. The highest BCUT2D eigenvalue weighted by Crippen LogP contribution is 2.26. The van der Waals surface area contributed by atoms with Crippen molar-refractivity contribution in [1.29, 1.82) is 0 Å². The van der Waals surface area contributed by atoms with Crippen molar-refractivity contribution in [3.05, 3.63) is 35.0 Å². The smallest absolute Gasteiger partial charge is 0.150 e. The Kier molecular flexibility index (Phi) is 1.84. The van der Waals surface area contributed by atoms with Crippen molar-refractivity contribution in [1.82, 2.24) is 4.57 Å². The number of hydrogen-bond acceptors (Lipinski definition) is 0. The van der Waals surface area contributed by atoms with Crippen molar-refractivity contribution in [3.8, 4) is 0 Å². The Morgan fingerprint density at radius 1 is 1.07 bits per heavy atom. The van der Waals surface area contributed by atoms with E-state index in [1.807, 2.05) is 6.92 Å². The molecule has 0 saturated heterocycles. The van der Waals surface area contributed by atoms with E-state index in [1.165, 1.54) is 0 Å². The quantitative estimate of drug-likeness (QED) is 0.608. The molecule has 1 aromatic heterocycles. The zero-order valence-electron chi connectivity index (χ0n) is 8.36. The number of hydrogen-bond donors (Lipinski definition) is 0. The molecule has 0 spiro atoms. The van der Waals surface area contributed by atoms with Crippen LogP contribution >= 0.6 is 0 Å². The van der Waals surface area contributed by atoms with Gasteiger partial charge in [-0.1, -0.05) is 0 Å². The van der Waals surface area contributed by atoms with Gasteiger partial charge < -0.3 is 4.57 Å². The first kappa shape index (κ1) is 9.19. The van der Waals surface area contributed by atoms with Crippen LogP contribution in [-0.2, 0) is 7.05 Å². The Bertz CT molecular complexity index is 512. The molecule has 1 heterocycles. The Hall–Kier alpha value is -1.38. The van der Waals surface area contributed by atoms with Crippen molar-refractivity contribution in [2.45, 2.75) is 13.8 Å². The maximum atomic E-state index is 13.4. The predicted molar refractivity (Wildman–Crippen MR) is 52.3 cm³/mol. The third-order valence-electron chi connectivity index (χ3n) is 2.71. The number of fused-ring (bicyclic) bond motifs is 1. The summed E-state index contributed by atoms with van der Waals surface area (Å²) in [5, 5.41) is 0.655. The Morgan fingerprint density at radius 3 is 2.36 bits per heavy atom. The molecular weight excluding hydrogens is 184 g/mol. The molecule has 3 heteroatoms. The van der Waals surface area contributed by atoms with Crippen LogP contribution < -0.4 is 0 Å². The minimum absolute atomic E-state index is 0.474. The van der Waals surface area contributed by atoms with E-state index in [4.69, 9.17) is 0 Å². The normalized spacial score (nSPS) is 11.2. The minimum Gasteiger partial charge on any atom is -0.346 e. The lowest BCUT2D eigenvalue weighted by Crippen LogP contribution is -1.94. The maximum absolute atomic E-state index is 13.4. The summed E-state index contributed by atoms with van der Waals surface area (Å²) in [6.45, 7) is 3.54. The standard InChI is InChI=1S/C11H11F2N/c1-6-4-8-7(2)9(12)5-10(13)11(8)14(6)3/h4-5H,1-3H3. The zero-order valence-corrected chi connectivity index (χ0v) is 8.36. The van der Waals surface area contributed by atoms with E-state index in [0.717, 1.165) is 11.8 Å². The highest BCUT2D eigenvalue weighted by Gasteiger charge is 2.13. The number of benzene rings is 1. The van der Waals surface area contributed by atoms with E-state index in [2.05, 4.69) is 0 Å². The highest BCUT2D eigenvalue weighted by atomic mass is 19.1. The summed E-state index contributed by atoms with van der Waals surface area (Å²) in [7, 11) is 1.78. The molecule has 0 bridgehead atoms. The van der Waals surface area contributed by atoms with Gasteiger partial charge >= 0.3 is 0 Å².